The van der Waals surface area contributed by atoms with Gasteiger partial charge >= 0.3 is 39.8 Å². The van der Waals surface area contributed by atoms with Gasteiger partial charge in [-0.25, -0.2) is 5.14 Å². The minimum absolute atomic E-state index is 0. The standard InChI is InChI=1S/C2H5N3O2S2.Na.H/c3-9(6,7)5-1-2-8-4-5;;/h1-2,4H,(H2,3,6,7);;/q;+1;-1. The Morgan fingerprint density at radius 1 is 1.70 bits per heavy atom. The Morgan fingerprint density at radius 2 is 2.30 bits per heavy atom. The number of hydrazine groups is 1. The van der Waals surface area contributed by atoms with Crippen molar-refractivity contribution in [3.05, 3.63) is 11.6 Å². The topological polar surface area (TPSA) is 75.4 Å². The maximum atomic E-state index is 10.4. The van der Waals surface area contributed by atoms with E-state index in [9.17, 15) is 8.42 Å². The SMILES string of the molecule is NS(=O)(=O)N1C=CSN1.[H-].[Na+]. The second kappa shape index (κ2) is 3.96. The summed E-state index contributed by atoms with van der Waals surface area (Å²) in [5.74, 6) is 0. The first-order valence-corrected chi connectivity index (χ1v) is 4.39. The fraction of sp³-hybridized carbons (Fsp3) is 0. The average molecular weight is 191 g/mol. The van der Waals surface area contributed by atoms with Crippen molar-refractivity contribution in [1.29, 1.82) is 0 Å². The molecule has 8 heteroatoms. The fourth-order valence-electron chi connectivity index (χ4n) is 0.335. The Kier molecular flexibility index (Phi) is 4.26. The molecule has 0 amide bonds. The van der Waals surface area contributed by atoms with Crippen molar-refractivity contribution in [1.82, 2.24) is 9.25 Å². The van der Waals surface area contributed by atoms with Gasteiger partial charge in [-0.05, 0) is 11.9 Å². The molecule has 1 rings (SSSR count). The first-order valence-electron chi connectivity index (χ1n) is 2.01. The van der Waals surface area contributed by atoms with Crippen LogP contribution in [0.5, 0.6) is 0 Å². The summed E-state index contributed by atoms with van der Waals surface area (Å²) >= 11 is 1.15. The zero-order valence-electron chi connectivity index (χ0n) is 6.31. The van der Waals surface area contributed by atoms with Crippen molar-refractivity contribution in [2.24, 2.45) is 5.14 Å². The van der Waals surface area contributed by atoms with Gasteiger partial charge in [0.15, 0.2) is 0 Å². The summed E-state index contributed by atoms with van der Waals surface area (Å²) in [7, 11) is -3.59. The zero-order chi connectivity index (χ0) is 6.91. The van der Waals surface area contributed by atoms with Gasteiger partial charge in [0.25, 0.3) is 0 Å². The molecule has 0 aromatic rings. The van der Waals surface area contributed by atoms with Gasteiger partial charge in [0, 0.05) is 11.6 Å². The van der Waals surface area contributed by atoms with Crippen LogP contribution in [-0.4, -0.2) is 12.8 Å². The normalized spacial score (nSPS) is 17.1. The van der Waals surface area contributed by atoms with Crippen LogP contribution in [-0.2, 0) is 10.2 Å². The molecule has 0 atom stereocenters. The monoisotopic (exact) mass is 191 g/mol. The molecule has 0 aromatic heterocycles. The van der Waals surface area contributed by atoms with Crippen LogP contribution in [0, 0.1) is 0 Å². The number of hydrogen-bond acceptors (Lipinski definition) is 4. The van der Waals surface area contributed by atoms with E-state index in [0.717, 1.165) is 16.4 Å². The molecule has 0 spiro atoms. The fourth-order valence-corrected chi connectivity index (χ4v) is 1.60. The minimum atomic E-state index is -3.59. The molecule has 0 radical (unpaired) electrons. The number of nitrogens with two attached hydrogens (primary N) is 1. The van der Waals surface area contributed by atoms with Crippen molar-refractivity contribution in [2.75, 3.05) is 0 Å². The largest absolute Gasteiger partial charge is 1.00 e. The molecule has 1 aliphatic heterocycles. The Balaban J connectivity index is 0. The molecular formula is C2H6N3NaO2S2. The van der Waals surface area contributed by atoms with Crippen molar-refractivity contribution in [3.8, 4) is 0 Å². The van der Waals surface area contributed by atoms with Crippen molar-refractivity contribution in [2.45, 2.75) is 0 Å². The van der Waals surface area contributed by atoms with Crippen LogP contribution in [0.3, 0.4) is 0 Å². The van der Waals surface area contributed by atoms with Crippen LogP contribution >= 0.6 is 11.9 Å². The molecule has 5 nitrogen and oxygen atoms in total. The van der Waals surface area contributed by atoms with Gasteiger partial charge in [-0.3, -0.25) is 0 Å². The number of nitrogens with zero attached hydrogens (tertiary/aromatic N) is 1. The number of hydrogen-bond donors (Lipinski definition) is 2. The Morgan fingerprint density at radius 3 is 2.50 bits per heavy atom. The van der Waals surface area contributed by atoms with E-state index in [1.165, 1.54) is 6.20 Å². The first-order chi connectivity index (χ1) is 4.11. The number of rotatable bonds is 1. The molecule has 0 bridgehead atoms. The third kappa shape index (κ3) is 2.79. The Hall–Kier alpha value is 0.760. The van der Waals surface area contributed by atoms with Gasteiger partial charge < -0.3 is 1.43 Å². The average Bonchev–Trinajstić information content (AvgIpc) is 2.08. The van der Waals surface area contributed by atoms with Crippen molar-refractivity contribution in [3.63, 3.8) is 0 Å². The second-order valence-electron chi connectivity index (χ2n) is 1.34. The van der Waals surface area contributed by atoms with Crippen LogP contribution in [0.25, 0.3) is 0 Å². The molecule has 0 saturated heterocycles. The summed E-state index contributed by atoms with van der Waals surface area (Å²) in [5.41, 5.74) is 0. The third-order valence-electron chi connectivity index (χ3n) is 0.681. The maximum absolute atomic E-state index is 10.4. The Labute approximate surface area is 87.1 Å². The van der Waals surface area contributed by atoms with Crippen LogP contribution in [0.4, 0.5) is 0 Å². The van der Waals surface area contributed by atoms with E-state index in [0.29, 0.717) is 0 Å². The van der Waals surface area contributed by atoms with Crippen LogP contribution < -0.4 is 39.5 Å². The van der Waals surface area contributed by atoms with Gasteiger partial charge in [-0.1, -0.05) is 0 Å². The number of nitrogens with one attached hydrogen (secondary N) is 1. The van der Waals surface area contributed by atoms with Crippen LogP contribution in [0.1, 0.15) is 1.43 Å². The van der Waals surface area contributed by atoms with Crippen LogP contribution in [0.2, 0.25) is 0 Å². The summed E-state index contributed by atoms with van der Waals surface area (Å²) in [6, 6.07) is 0. The molecule has 1 heterocycles. The predicted octanol–water partition coefficient (Wildman–Crippen LogP) is -3.75. The van der Waals surface area contributed by atoms with Gasteiger partial charge in [0.05, 0.1) is 0 Å². The molecule has 1 aliphatic rings. The summed E-state index contributed by atoms with van der Waals surface area (Å²) < 4.78 is 21.7. The molecule has 0 aromatic carbocycles. The van der Waals surface area contributed by atoms with E-state index in [1.54, 1.807) is 5.41 Å². The van der Waals surface area contributed by atoms with Crippen molar-refractivity contribution < 1.29 is 39.4 Å². The van der Waals surface area contributed by atoms with Gasteiger partial charge in [0.1, 0.15) is 0 Å². The van der Waals surface area contributed by atoms with Gasteiger partial charge in [-0.15, -0.1) is 0 Å². The van der Waals surface area contributed by atoms with Gasteiger partial charge in [-0.2, -0.15) is 17.7 Å². The summed E-state index contributed by atoms with van der Waals surface area (Å²) in [6.45, 7) is 0. The molecule has 0 fully saturated rings. The minimum Gasteiger partial charge on any atom is -1.00 e. The first kappa shape index (κ1) is 10.8. The van der Waals surface area contributed by atoms with Crippen molar-refractivity contribution >= 4 is 22.2 Å². The second-order valence-corrected chi connectivity index (χ2v) is 3.45. The molecular weight excluding hydrogens is 185 g/mol. The maximum Gasteiger partial charge on any atom is 1.00 e. The molecule has 0 unspecified atom stereocenters. The molecule has 0 saturated carbocycles. The molecule has 10 heavy (non-hydrogen) atoms. The third-order valence-corrected chi connectivity index (χ3v) is 2.12. The molecule has 3 N–H and O–H groups in total. The van der Waals surface area contributed by atoms with E-state index in [-0.39, 0.29) is 31.0 Å². The summed E-state index contributed by atoms with van der Waals surface area (Å²) in [4.78, 5) is 2.42. The Bertz CT molecular complexity index is 229. The summed E-state index contributed by atoms with van der Waals surface area (Å²) in [5, 5.41) is 6.29. The van der Waals surface area contributed by atoms with E-state index < -0.39 is 10.2 Å². The van der Waals surface area contributed by atoms with E-state index in [2.05, 4.69) is 4.83 Å². The van der Waals surface area contributed by atoms with E-state index >= 15 is 0 Å². The van der Waals surface area contributed by atoms with E-state index in [4.69, 9.17) is 5.14 Å². The summed E-state index contributed by atoms with van der Waals surface area (Å²) in [6.07, 6.45) is 1.33. The molecule has 54 valence electrons. The molecule has 0 aliphatic carbocycles. The predicted molar refractivity (Wildman–Crippen MR) is 35.9 cm³/mol. The smallest absolute Gasteiger partial charge is 1.00 e. The quantitative estimate of drug-likeness (QED) is 0.330. The van der Waals surface area contributed by atoms with Gasteiger partial charge in [0.2, 0.25) is 0 Å². The van der Waals surface area contributed by atoms with E-state index in [1.807, 2.05) is 0 Å². The zero-order valence-corrected chi connectivity index (χ0v) is 8.95. The van der Waals surface area contributed by atoms with Crippen LogP contribution in [0.15, 0.2) is 11.6 Å².